The van der Waals surface area contributed by atoms with E-state index in [0.29, 0.717) is 5.57 Å². The predicted molar refractivity (Wildman–Crippen MR) is 56.7 cm³/mol. The molecule has 15 heavy (non-hydrogen) atoms. The molecule has 1 aromatic rings. The number of esters is 1. The van der Waals surface area contributed by atoms with E-state index in [1.54, 1.807) is 0 Å². The van der Waals surface area contributed by atoms with Crippen molar-refractivity contribution in [3.05, 3.63) is 34.9 Å². The summed E-state index contributed by atoms with van der Waals surface area (Å²) in [6.07, 6.45) is 1.83. The summed E-state index contributed by atoms with van der Waals surface area (Å²) in [6, 6.07) is 5.82. The van der Waals surface area contributed by atoms with Gasteiger partial charge in [0.15, 0.2) is 0 Å². The molecular weight excluding hydrogens is 192 g/mol. The first-order valence-electron chi connectivity index (χ1n) is 4.73. The van der Waals surface area contributed by atoms with Crippen LogP contribution in [0.2, 0.25) is 0 Å². The van der Waals surface area contributed by atoms with Crippen molar-refractivity contribution in [3.8, 4) is 5.75 Å². The molecule has 78 valence electrons. The zero-order valence-electron chi connectivity index (χ0n) is 8.74. The standard InChI is InChI=1S/C12H12O3/c1-8-4-3-5-11-10(8)6-9(7-15-11)12(13)14-2/h3-6H,7H2,1-2H3. The van der Waals surface area contributed by atoms with E-state index >= 15 is 0 Å². The molecule has 0 atom stereocenters. The SMILES string of the molecule is COC(=O)C1=Cc2c(C)cccc2OC1. The van der Waals surface area contributed by atoms with E-state index in [-0.39, 0.29) is 12.6 Å². The third-order valence-electron chi connectivity index (χ3n) is 2.43. The van der Waals surface area contributed by atoms with Gasteiger partial charge in [0.25, 0.3) is 0 Å². The fourth-order valence-electron chi connectivity index (χ4n) is 1.58. The number of benzene rings is 1. The highest BCUT2D eigenvalue weighted by atomic mass is 16.5. The second-order valence-corrected chi connectivity index (χ2v) is 3.44. The van der Waals surface area contributed by atoms with Crippen LogP contribution in [0.25, 0.3) is 6.08 Å². The van der Waals surface area contributed by atoms with Gasteiger partial charge >= 0.3 is 5.97 Å². The minimum atomic E-state index is -0.330. The van der Waals surface area contributed by atoms with Gasteiger partial charge in [0.1, 0.15) is 12.4 Å². The second kappa shape index (κ2) is 3.77. The van der Waals surface area contributed by atoms with Crippen molar-refractivity contribution in [3.63, 3.8) is 0 Å². The number of hydrogen-bond acceptors (Lipinski definition) is 3. The van der Waals surface area contributed by atoms with Crippen LogP contribution in [-0.4, -0.2) is 19.7 Å². The summed E-state index contributed by atoms with van der Waals surface area (Å²) >= 11 is 0. The molecule has 0 amide bonds. The zero-order chi connectivity index (χ0) is 10.8. The first-order chi connectivity index (χ1) is 7.22. The molecule has 3 heteroatoms. The number of aryl methyl sites for hydroxylation is 1. The smallest absolute Gasteiger partial charge is 0.337 e. The van der Waals surface area contributed by atoms with Gasteiger partial charge in [0.2, 0.25) is 0 Å². The first-order valence-corrected chi connectivity index (χ1v) is 4.73. The zero-order valence-corrected chi connectivity index (χ0v) is 8.74. The molecule has 1 aliphatic heterocycles. The van der Waals surface area contributed by atoms with Crippen LogP contribution in [0.15, 0.2) is 23.8 Å². The number of carbonyl (C=O) groups excluding carboxylic acids is 1. The highest BCUT2D eigenvalue weighted by molar-refractivity contribution is 5.95. The highest BCUT2D eigenvalue weighted by Crippen LogP contribution is 2.28. The normalized spacial score (nSPS) is 13.6. The van der Waals surface area contributed by atoms with E-state index in [1.165, 1.54) is 7.11 Å². The van der Waals surface area contributed by atoms with Crippen molar-refractivity contribution in [1.29, 1.82) is 0 Å². The van der Waals surface area contributed by atoms with Crippen molar-refractivity contribution in [2.45, 2.75) is 6.92 Å². The Kier molecular flexibility index (Phi) is 2.46. The van der Waals surface area contributed by atoms with Crippen LogP contribution >= 0.6 is 0 Å². The van der Waals surface area contributed by atoms with E-state index in [2.05, 4.69) is 4.74 Å². The van der Waals surface area contributed by atoms with Gasteiger partial charge in [0, 0.05) is 5.56 Å². The lowest BCUT2D eigenvalue weighted by atomic mass is 10.0. The molecule has 0 spiro atoms. The molecule has 0 saturated heterocycles. The van der Waals surface area contributed by atoms with Gasteiger partial charge in [-0.05, 0) is 24.6 Å². The van der Waals surface area contributed by atoms with Gasteiger partial charge in [0.05, 0.1) is 12.7 Å². The van der Waals surface area contributed by atoms with Crippen LogP contribution in [0.4, 0.5) is 0 Å². The maximum absolute atomic E-state index is 11.3. The van der Waals surface area contributed by atoms with Crippen molar-refractivity contribution in [1.82, 2.24) is 0 Å². The van der Waals surface area contributed by atoms with Crippen LogP contribution < -0.4 is 4.74 Å². The monoisotopic (exact) mass is 204 g/mol. The molecule has 1 heterocycles. The summed E-state index contributed by atoms with van der Waals surface area (Å²) in [5, 5.41) is 0. The van der Waals surface area contributed by atoms with Gasteiger partial charge in [-0.2, -0.15) is 0 Å². The first kappa shape index (κ1) is 9.77. The van der Waals surface area contributed by atoms with E-state index in [0.717, 1.165) is 16.9 Å². The van der Waals surface area contributed by atoms with Crippen LogP contribution in [0, 0.1) is 6.92 Å². The lowest BCUT2D eigenvalue weighted by Gasteiger charge is -2.17. The molecular formula is C12H12O3. The Bertz CT molecular complexity index is 432. The van der Waals surface area contributed by atoms with Crippen LogP contribution in [0.1, 0.15) is 11.1 Å². The van der Waals surface area contributed by atoms with Crippen LogP contribution in [0.5, 0.6) is 5.75 Å². The maximum atomic E-state index is 11.3. The Morgan fingerprint density at radius 1 is 1.47 bits per heavy atom. The highest BCUT2D eigenvalue weighted by Gasteiger charge is 2.18. The van der Waals surface area contributed by atoms with Gasteiger partial charge in [-0.3, -0.25) is 0 Å². The van der Waals surface area contributed by atoms with E-state index in [4.69, 9.17) is 4.74 Å². The number of methoxy groups -OCH3 is 1. The van der Waals surface area contributed by atoms with Crippen molar-refractivity contribution in [2.75, 3.05) is 13.7 Å². The Morgan fingerprint density at radius 3 is 3.00 bits per heavy atom. The van der Waals surface area contributed by atoms with Gasteiger partial charge in [-0.15, -0.1) is 0 Å². The predicted octanol–water partition coefficient (Wildman–Crippen LogP) is 1.94. The third kappa shape index (κ3) is 1.73. The van der Waals surface area contributed by atoms with Gasteiger partial charge in [-0.1, -0.05) is 12.1 Å². The Hall–Kier alpha value is -1.77. The van der Waals surface area contributed by atoms with Crippen molar-refractivity contribution >= 4 is 12.0 Å². The molecule has 0 fully saturated rings. The van der Waals surface area contributed by atoms with Gasteiger partial charge in [-0.25, -0.2) is 4.79 Å². The summed E-state index contributed by atoms with van der Waals surface area (Å²) in [4.78, 5) is 11.3. The molecule has 3 nitrogen and oxygen atoms in total. The molecule has 0 unspecified atom stereocenters. The fourth-order valence-corrected chi connectivity index (χ4v) is 1.58. The van der Waals surface area contributed by atoms with Gasteiger partial charge < -0.3 is 9.47 Å². The van der Waals surface area contributed by atoms with Crippen LogP contribution in [-0.2, 0) is 9.53 Å². The molecule has 1 aromatic carbocycles. The molecule has 2 rings (SSSR count). The maximum Gasteiger partial charge on any atom is 0.337 e. The lowest BCUT2D eigenvalue weighted by molar-refractivity contribution is -0.136. The number of fused-ring (bicyclic) bond motifs is 1. The molecule has 0 saturated carbocycles. The molecule has 0 N–H and O–H groups in total. The Balaban J connectivity index is 2.44. The second-order valence-electron chi connectivity index (χ2n) is 3.44. The molecule has 0 aliphatic carbocycles. The van der Waals surface area contributed by atoms with Crippen molar-refractivity contribution < 1.29 is 14.3 Å². The Labute approximate surface area is 88.3 Å². The summed E-state index contributed by atoms with van der Waals surface area (Å²) in [6.45, 7) is 2.27. The molecule has 0 radical (unpaired) electrons. The Morgan fingerprint density at radius 2 is 2.27 bits per heavy atom. The third-order valence-corrected chi connectivity index (χ3v) is 2.43. The molecule has 0 bridgehead atoms. The average Bonchev–Trinajstić information content (AvgIpc) is 2.28. The van der Waals surface area contributed by atoms with E-state index < -0.39 is 0 Å². The number of rotatable bonds is 1. The molecule has 1 aliphatic rings. The minimum Gasteiger partial charge on any atom is -0.488 e. The number of carbonyl (C=O) groups is 1. The lowest BCUT2D eigenvalue weighted by Crippen LogP contribution is -2.16. The van der Waals surface area contributed by atoms with Crippen LogP contribution in [0.3, 0.4) is 0 Å². The summed E-state index contributed by atoms with van der Waals surface area (Å²) in [7, 11) is 1.37. The van der Waals surface area contributed by atoms with E-state index in [1.807, 2.05) is 31.2 Å². The summed E-state index contributed by atoms with van der Waals surface area (Å²) < 4.78 is 10.1. The quantitative estimate of drug-likeness (QED) is 0.656. The topological polar surface area (TPSA) is 35.5 Å². The van der Waals surface area contributed by atoms with E-state index in [9.17, 15) is 4.79 Å². The minimum absolute atomic E-state index is 0.281. The summed E-state index contributed by atoms with van der Waals surface area (Å²) in [5.74, 6) is 0.492. The molecule has 0 aromatic heterocycles. The average molecular weight is 204 g/mol. The number of hydrogen-bond donors (Lipinski definition) is 0. The number of ether oxygens (including phenoxy) is 2. The largest absolute Gasteiger partial charge is 0.488 e. The van der Waals surface area contributed by atoms with Crippen molar-refractivity contribution in [2.24, 2.45) is 0 Å². The summed E-state index contributed by atoms with van der Waals surface area (Å²) in [5.41, 5.74) is 2.61. The fraction of sp³-hybridized carbons (Fsp3) is 0.250.